The van der Waals surface area contributed by atoms with E-state index in [0.29, 0.717) is 0 Å². The van der Waals surface area contributed by atoms with Crippen LogP contribution in [0.25, 0.3) is 11.3 Å². The van der Waals surface area contributed by atoms with E-state index < -0.39 is 5.97 Å². The van der Waals surface area contributed by atoms with Gasteiger partial charge in [-0.25, -0.2) is 4.79 Å². The van der Waals surface area contributed by atoms with E-state index in [1.54, 1.807) is 19.2 Å². The summed E-state index contributed by atoms with van der Waals surface area (Å²) in [6.07, 6.45) is 4.56. The molecule has 0 saturated carbocycles. The van der Waals surface area contributed by atoms with Crippen molar-refractivity contribution in [1.29, 1.82) is 0 Å². The first-order valence-corrected chi connectivity index (χ1v) is 9.81. The molecule has 1 atom stereocenters. The van der Waals surface area contributed by atoms with Gasteiger partial charge in [0.25, 0.3) is 0 Å². The number of pyridine rings is 1. The highest BCUT2D eigenvalue weighted by Crippen LogP contribution is 2.38. The summed E-state index contributed by atoms with van der Waals surface area (Å²) in [4.78, 5) is 24.7. The Morgan fingerprint density at radius 1 is 1.26 bits per heavy atom. The van der Waals surface area contributed by atoms with E-state index >= 15 is 0 Å². The summed E-state index contributed by atoms with van der Waals surface area (Å²) < 4.78 is 7.13. The zero-order chi connectivity index (χ0) is 19.6. The van der Waals surface area contributed by atoms with Crippen LogP contribution in [0.2, 0.25) is 0 Å². The van der Waals surface area contributed by atoms with Gasteiger partial charge in [0.1, 0.15) is 5.56 Å². The summed E-state index contributed by atoms with van der Waals surface area (Å²) in [5.41, 5.74) is 5.34. The fourth-order valence-electron chi connectivity index (χ4n) is 3.73. The van der Waals surface area contributed by atoms with Crippen molar-refractivity contribution in [3.05, 3.63) is 51.3 Å². The third-order valence-corrected chi connectivity index (χ3v) is 5.19. The lowest BCUT2D eigenvalue weighted by atomic mass is 9.89. The third-order valence-electron chi connectivity index (χ3n) is 5.19. The molecular weight excluding hydrogens is 340 g/mol. The summed E-state index contributed by atoms with van der Waals surface area (Å²) in [5, 5.41) is 3.49. The Bertz CT molecular complexity index is 915. The minimum Gasteiger partial charge on any atom is -0.462 e. The average Bonchev–Trinajstić information content (AvgIpc) is 2.65. The first kappa shape index (κ1) is 19.2. The number of carbonyl (C=O) groups excluding carboxylic acids is 1. The molecule has 5 heteroatoms. The number of hydrogen-bond donors (Lipinski definition) is 1. The molecule has 27 heavy (non-hydrogen) atoms. The van der Waals surface area contributed by atoms with Gasteiger partial charge >= 0.3 is 5.97 Å². The molecule has 5 nitrogen and oxygen atoms in total. The van der Waals surface area contributed by atoms with Crippen molar-refractivity contribution >= 4 is 11.7 Å². The molecule has 1 aliphatic heterocycles. The second-order valence-corrected chi connectivity index (χ2v) is 7.08. The maximum absolute atomic E-state index is 12.6. The maximum atomic E-state index is 12.6. The van der Waals surface area contributed by atoms with Crippen LogP contribution in [0.15, 0.2) is 29.2 Å². The number of aromatic nitrogens is 1. The topological polar surface area (TPSA) is 60.3 Å². The number of fused-ring (bicyclic) bond motifs is 3. The van der Waals surface area contributed by atoms with Crippen molar-refractivity contribution in [1.82, 2.24) is 4.57 Å². The highest BCUT2D eigenvalue weighted by molar-refractivity contribution is 5.89. The van der Waals surface area contributed by atoms with Crippen molar-refractivity contribution in [3.63, 3.8) is 0 Å². The monoisotopic (exact) mass is 368 g/mol. The summed E-state index contributed by atoms with van der Waals surface area (Å²) in [6.45, 7) is 9.30. The van der Waals surface area contributed by atoms with E-state index in [1.807, 2.05) is 0 Å². The molecule has 1 aliphatic rings. The molecule has 0 amide bonds. The summed E-state index contributed by atoms with van der Waals surface area (Å²) in [7, 11) is 0. The van der Waals surface area contributed by atoms with E-state index in [4.69, 9.17) is 4.74 Å². The zero-order valence-electron chi connectivity index (χ0n) is 16.6. The first-order valence-electron chi connectivity index (χ1n) is 9.81. The summed E-state index contributed by atoms with van der Waals surface area (Å²) in [5.74, 6) is -0.547. The maximum Gasteiger partial charge on any atom is 0.343 e. The Labute approximate surface area is 160 Å². The van der Waals surface area contributed by atoms with Crippen LogP contribution < -0.4 is 10.7 Å². The van der Waals surface area contributed by atoms with Crippen molar-refractivity contribution in [2.75, 3.05) is 18.5 Å². The number of benzene rings is 1. The minimum absolute atomic E-state index is 0.112. The average molecular weight is 368 g/mol. The lowest BCUT2D eigenvalue weighted by molar-refractivity contribution is 0.0523. The molecule has 0 radical (unpaired) electrons. The minimum atomic E-state index is -0.547. The van der Waals surface area contributed by atoms with Crippen LogP contribution in [0.5, 0.6) is 0 Å². The number of esters is 1. The molecule has 0 fully saturated rings. The zero-order valence-corrected chi connectivity index (χ0v) is 16.6. The molecule has 2 heterocycles. The lowest BCUT2D eigenvalue weighted by Gasteiger charge is -2.31. The van der Waals surface area contributed by atoms with Crippen molar-refractivity contribution < 1.29 is 9.53 Å². The van der Waals surface area contributed by atoms with Gasteiger partial charge < -0.3 is 14.6 Å². The van der Waals surface area contributed by atoms with Crippen molar-refractivity contribution in [2.45, 2.75) is 53.0 Å². The number of carbonyl (C=O) groups is 1. The second-order valence-electron chi connectivity index (χ2n) is 7.08. The molecule has 0 bridgehead atoms. The molecule has 0 aliphatic carbocycles. The SMILES string of the molecule is CCCNc1cc2c(cc1C)-c1cc(=O)c(C(=O)OCC)cn1C(CC)C2. The second kappa shape index (κ2) is 7.99. The van der Waals surface area contributed by atoms with Gasteiger partial charge in [-0.05, 0) is 56.4 Å². The summed E-state index contributed by atoms with van der Waals surface area (Å²) in [6, 6.07) is 6.17. The Morgan fingerprint density at radius 3 is 2.70 bits per heavy atom. The molecule has 1 aromatic heterocycles. The number of aryl methyl sites for hydroxylation is 1. The molecular formula is C22H28N2O3. The molecule has 0 spiro atoms. The molecule has 144 valence electrons. The van der Waals surface area contributed by atoms with Gasteiger partial charge in [0.2, 0.25) is 0 Å². The largest absolute Gasteiger partial charge is 0.462 e. The molecule has 3 rings (SSSR count). The van der Waals surface area contributed by atoms with E-state index in [9.17, 15) is 9.59 Å². The van der Waals surface area contributed by atoms with Crippen LogP contribution in [0.1, 0.15) is 61.1 Å². The van der Waals surface area contributed by atoms with Crippen LogP contribution in [0, 0.1) is 6.92 Å². The number of ether oxygens (including phenoxy) is 1. The Hall–Kier alpha value is -2.56. The quantitative estimate of drug-likeness (QED) is 0.771. The van der Waals surface area contributed by atoms with E-state index in [0.717, 1.165) is 48.3 Å². The highest BCUT2D eigenvalue weighted by Gasteiger charge is 2.26. The van der Waals surface area contributed by atoms with Crippen LogP contribution in [-0.4, -0.2) is 23.7 Å². The predicted molar refractivity (Wildman–Crippen MR) is 109 cm³/mol. The van der Waals surface area contributed by atoms with Crippen LogP contribution in [-0.2, 0) is 11.2 Å². The van der Waals surface area contributed by atoms with E-state index in [2.05, 4.69) is 42.8 Å². The van der Waals surface area contributed by atoms with Crippen LogP contribution in [0.3, 0.4) is 0 Å². The molecule has 0 saturated heterocycles. The Kier molecular flexibility index (Phi) is 5.68. The lowest BCUT2D eigenvalue weighted by Crippen LogP contribution is -2.26. The fourth-order valence-corrected chi connectivity index (χ4v) is 3.73. The molecule has 2 aromatic rings. The number of hydrogen-bond acceptors (Lipinski definition) is 4. The summed E-state index contributed by atoms with van der Waals surface area (Å²) >= 11 is 0. The van der Waals surface area contributed by atoms with E-state index in [-0.39, 0.29) is 23.6 Å². The predicted octanol–water partition coefficient (Wildman–Crippen LogP) is 4.33. The van der Waals surface area contributed by atoms with Gasteiger partial charge in [0.15, 0.2) is 5.43 Å². The van der Waals surface area contributed by atoms with Gasteiger partial charge in [-0.1, -0.05) is 13.8 Å². The van der Waals surface area contributed by atoms with Crippen LogP contribution in [0.4, 0.5) is 5.69 Å². The van der Waals surface area contributed by atoms with E-state index in [1.165, 1.54) is 5.56 Å². The van der Waals surface area contributed by atoms with Gasteiger partial charge in [0.05, 0.1) is 12.3 Å². The van der Waals surface area contributed by atoms with Crippen LogP contribution >= 0.6 is 0 Å². The van der Waals surface area contributed by atoms with Crippen molar-refractivity contribution in [3.8, 4) is 11.3 Å². The highest BCUT2D eigenvalue weighted by atomic mass is 16.5. The number of nitrogens with one attached hydrogen (secondary N) is 1. The molecule has 1 aromatic carbocycles. The van der Waals surface area contributed by atoms with Crippen molar-refractivity contribution in [2.24, 2.45) is 0 Å². The standard InChI is InChI=1S/C22H28N2O3/c1-5-8-23-19-11-15-10-16(6-2)24-13-18(22(26)27-7-3)21(25)12-20(24)17(15)9-14(19)4/h9,11-13,16,23H,5-8,10H2,1-4H3. The fraction of sp³-hybridized carbons (Fsp3) is 0.455. The Balaban J connectivity index is 2.13. The number of rotatable bonds is 6. The number of nitrogens with zero attached hydrogens (tertiary/aromatic N) is 1. The van der Waals surface area contributed by atoms with Gasteiger partial charge in [-0.3, -0.25) is 4.79 Å². The van der Waals surface area contributed by atoms with Gasteiger partial charge in [-0.2, -0.15) is 0 Å². The number of anilines is 1. The normalized spacial score (nSPS) is 15.0. The smallest absolute Gasteiger partial charge is 0.343 e. The molecule has 1 unspecified atom stereocenters. The van der Waals surface area contributed by atoms with Gasteiger partial charge in [0, 0.05) is 36.1 Å². The molecule has 1 N–H and O–H groups in total. The first-order chi connectivity index (χ1) is 13.0. The van der Waals surface area contributed by atoms with Gasteiger partial charge in [-0.15, -0.1) is 0 Å². The third kappa shape index (κ3) is 3.64. The Morgan fingerprint density at radius 2 is 2.04 bits per heavy atom.